The van der Waals surface area contributed by atoms with E-state index in [2.05, 4.69) is 42.9 Å². The number of likely N-dealkylation sites (tertiary alicyclic amines) is 1. The van der Waals surface area contributed by atoms with Gasteiger partial charge in [-0.2, -0.15) is 0 Å². The van der Waals surface area contributed by atoms with Gasteiger partial charge in [-0.15, -0.1) is 0 Å². The van der Waals surface area contributed by atoms with E-state index in [9.17, 15) is 4.79 Å². The summed E-state index contributed by atoms with van der Waals surface area (Å²) in [6, 6.07) is 0.603. The number of likely N-dealkylation sites (N-methyl/N-ethyl adjacent to an activating group) is 1. The third kappa shape index (κ3) is 3.53. The van der Waals surface area contributed by atoms with Crippen molar-refractivity contribution in [3.05, 3.63) is 0 Å². The quantitative estimate of drug-likeness (QED) is 0.809. The van der Waals surface area contributed by atoms with Crippen LogP contribution in [0, 0.1) is 5.92 Å². The highest BCUT2D eigenvalue weighted by Gasteiger charge is 2.40. The maximum absolute atomic E-state index is 12.6. The maximum atomic E-state index is 12.6. The fraction of sp³-hybridized carbons (Fsp3) is 0.938. The van der Waals surface area contributed by atoms with Crippen LogP contribution in [-0.2, 0) is 4.79 Å². The summed E-state index contributed by atoms with van der Waals surface area (Å²) < 4.78 is 0. The Hall–Kier alpha value is -0.610. The molecule has 2 fully saturated rings. The summed E-state index contributed by atoms with van der Waals surface area (Å²) in [5, 5.41) is 3.57. The van der Waals surface area contributed by atoms with Crippen molar-refractivity contribution in [3.8, 4) is 0 Å². The standard InChI is InChI=1S/C16H31N3O/c1-5-7-14-16(20)19(15(17-14)10-12(2)3)11-13-8-6-9-18(13)4/h12-15,17H,5-11H2,1-4H3. The van der Waals surface area contributed by atoms with Gasteiger partial charge in [-0.1, -0.05) is 27.2 Å². The summed E-state index contributed by atoms with van der Waals surface area (Å²) in [4.78, 5) is 17.2. The van der Waals surface area contributed by atoms with Crippen molar-refractivity contribution in [3.63, 3.8) is 0 Å². The highest BCUT2D eigenvalue weighted by molar-refractivity contribution is 5.84. The van der Waals surface area contributed by atoms with E-state index in [1.165, 1.54) is 19.4 Å². The largest absolute Gasteiger partial charge is 0.324 e. The van der Waals surface area contributed by atoms with Crippen LogP contribution in [0.2, 0.25) is 0 Å². The molecular weight excluding hydrogens is 250 g/mol. The van der Waals surface area contributed by atoms with Crippen LogP contribution >= 0.6 is 0 Å². The van der Waals surface area contributed by atoms with Crippen LogP contribution in [0.1, 0.15) is 52.9 Å². The maximum Gasteiger partial charge on any atom is 0.241 e. The van der Waals surface area contributed by atoms with Gasteiger partial charge in [0.05, 0.1) is 12.2 Å². The zero-order valence-electron chi connectivity index (χ0n) is 13.6. The summed E-state index contributed by atoms with van der Waals surface area (Å²) in [5.74, 6) is 0.947. The van der Waals surface area contributed by atoms with Crippen molar-refractivity contribution in [2.24, 2.45) is 5.92 Å². The Morgan fingerprint density at radius 3 is 2.70 bits per heavy atom. The molecule has 4 nitrogen and oxygen atoms in total. The Labute approximate surface area is 123 Å². The van der Waals surface area contributed by atoms with E-state index in [0.717, 1.165) is 25.8 Å². The fourth-order valence-electron chi connectivity index (χ4n) is 3.54. The lowest BCUT2D eigenvalue weighted by atomic mass is 10.1. The normalized spacial score (nSPS) is 31.8. The Morgan fingerprint density at radius 1 is 1.40 bits per heavy atom. The molecule has 0 aromatic carbocycles. The van der Waals surface area contributed by atoms with Crippen LogP contribution in [-0.4, -0.2) is 54.1 Å². The molecule has 0 spiro atoms. The molecule has 2 aliphatic rings. The average molecular weight is 281 g/mol. The Balaban J connectivity index is 2.02. The van der Waals surface area contributed by atoms with Gasteiger partial charge in [0, 0.05) is 12.6 Å². The fourth-order valence-corrected chi connectivity index (χ4v) is 3.54. The minimum Gasteiger partial charge on any atom is -0.324 e. The topological polar surface area (TPSA) is 35.6 Å². The van der Waals surface area contributed by atoms with Crippen LogP contribution in [0.5, 0.6) is 0 Å². The zero-order valence-corrected chi connectivity index (χ0v) is 13.6. The van der Waals surface area contributed by atoms with Crippen molar-refractivity contribution in [2.75, 3.05) is 20.1 Å². The molecule has 3 unspecified atom stereocenters. The zero-order chi connectivity index (χ0) is 14.7. The number of hydrogen-bond donors (Lipinski definition) is 1. The van der Waals surface area contributed by atoms with E-state index in [4.69, 9.17) is 0 Å². The number of rotatable bonds is 6. The molecule has 0 bridgehead atoms. The van der Waals surface area contributed by atoms with Gasteiger partial charge >= 0.3 is 0 Å². The van der Waals surface area contributed by atoms with Gasteiger partial charge in [0.2, 0.25) is 5.91 Å². The van der Waals surface area contributed by atoms with Gasteiger partial charge < -0.3 is 9.80 Å². The van der Waals surface area contributed by atoms with Crippen LogP contribution in [0.15, 0.2) is 0 Å². The SMILES string of the molecule is CCCC1NC(CC(C)C)N(CC2CCCN2C)C1=O. The molecule has 1 N–H and O–H groups in total. The molecule has 4 heteroatoms. The molecule has 0 aromatic heterocycles. The summed E-state index contributed by atoms with van der Waals surface area (Å²) >= 11 is 0. The van der Waals surface area contributed by atoms with Crippen molar-refractivity contribution < 1.29 is 4.79 Å². The number of carbonyl (C=O) groups is 1. The smallest absolute Gasteiger partial charge is 0.241 e. The Morgan fingerprint density at radius 2 is 2.15 bits per heavy atom. The molecule has 0 aliphatic carbocycles. The van der Waals surface area contributed by atoms with Crippen molar-refractivity contribution >= 4 is 5.91 Å². The van der Waals surface area contributed by atoms with Crippen LogP contribution in [0.25, 0.3) is 0 Å². The molecule has 0 saturated carbocycles. The molecule has 2 rings (SSSR count). The molecule has 3 atom stereocenters. The minimum absolute atomic E-state index is 0.0514. The average Bonchev–Trinajstić information content (AvgIpc) is 2.89. The molecule has 0 aromatic rings. The van der Waals surface area contributed by atoms with Gasteiger partial charge in [0.25, 0.3) is 0 Å². The van der Waals surface area contributed by atoms with Crippen molar-refractivity contribution in [1.29, 1.82) is 0 Å². The molecule has 20 heavy (non-hydrogen) atoms. The number of nitrogens with zero attached hydrogens (tertiary/aromatic N) is 2. The summed E-state index contributed by atoms with van der Waals surface area (Å²) in [6.07, 6.45) is 5.83. The second kappa shape index (κ2) is 6.90. The van der Waals surface area contributed by atoms with Crippen LogP contribution in [0.4, 0.5) is 0 Å². The molecular formula is C16H31N3O. The van der Waals surface area contributed by atoms with Crippen molar-refractivity contribution in [1.82, 2.24) is 15.1 Å². The number of carbonyl (C=O) groups excluding carboxylic acids is 1. The first-order chi connectivity index (χ1) is 9.52. The third-order valence-electron chi connectivity index (χ3n) is 4.70. The second-order valence-corrected chi connectivity index (χ2v) is 6.92. The Bertz CT molecular complexity index is 332. The summed E-state index contributed by atoms with van der Waals surface area (Å²) in [7, 11) is 2.19. The minimum atomic E-state index is 0.0514. The molecule has 0 radical (unpaired) electrons. The van der Waals surface area contributed by atoms with E-state index in [1.54, 1.807) is 0 Å². The molecule has 1 amide bonds. The van der Waals surface area contributed by atoms with Crippen molar-refractivity contribution in [2.45, 2.75) is 71.1 Å². The highest BCUT2D eigenvalue weighted by atomic mass is 16.2. The lowest BCUT2D eigenvalue weighted by molar-refractivity contribution is -0.131. The lowest BCUT2D eigenvalue weighted by Crippen LogP contribution is -2.45. The van der Waals surface area contributed by atoms with Crippen LogP contribution < -0.4 is 5.32 Å². The van der Waals surface area contributed by atoms with E-state index < -0.39 is 0 Å². The van der Waals surface area contributed by atoms with E-state index in [0.29, 0.717) is 17.9 Å². The van der Waals surface area contributed by atoms with E-state index >= 15 is 0 Å². The molecule has 2 saturated heterocycles. The predicted octanol–water partition coefficient (Wildman–Crippen LogP) is 2.05. The van der Waals surface area contributed by atoms with Gasteiger partial charge in [-0.3, -0.25) is 10.1 Å². The lowest BCUT2D eigenvalue weighted by Gasteiger charge is -2.30. The first kappa shape index (κ1) is 15.8. The molecule has 2 aliphatic heterocycles. The third-order valence-corrected chi connectivity index (χ3v) is 4.70. The van der Waals surface area contributed by atoms with Crippen LogP contribution in [0.3, 0.4) is 0 Å². The molecule has 2 heterocycles. The predicted molar refractivity (Wildman–Crippen MR) is 82.4 cm³/mol. The first-order valence-electron chi connectivity index (χ1n) is 8.29. The first-order valence-corrected chi connectivity index (χ1v) is 8.29. The Kier molecular flexibility index (Phi) is 5.44. The van der Waals surface area contributed by atoms with E-state index in [-0.39, 0.29) is 12.2 Å². The number of amides is 1. The summed E-state index contributed by atoms with van der Waals surface area (Å²) in [6.45, 7) is 8.70. The number of nitrogens with one attached hydrogen (secondary N) is 1. The second-order valence-electron chi connectivity index (χ2n) is 6.92. The molecule has 116 valence electrons. The van der Waals surface area contributed by atoms with Gasteiger partial charge in [-0.05, 0) is 45.2 Å². The van der Waals surface area contributed by atoms with Gasteiger partial charge in [-0.25, -0.2) is 0 Å². The number of hydrogen-bond acceptors (Lipinski definition) is 3. The van der Waals surface area contributed by atoms with Gasteiger partial charge in [0.15, 0.2) is 0 Å². The highest BCUT2D eigenvalue weighted by Crippen LogP contribution is 2.23. The monoisotopic (exact) mass is 281 g/mol. The van der Waals surface area contributed by atoms with Gasteiger partial charge in [0.1, 0.15) is 0 Å². The summed E-state index contributed by atoms with van der Waals surface area (Å²) in [5.41, 5.74) is 0. The van der Waals surface area contributed by atoms with E-state index in [1.807, 2.05) is 0 Å².